The number of Topliss-reactive ketones (excluding diaryl/α,β-unsaturated/α-hetero) is 1. The molecule has 1 atom stereocenters. The Hall–Kier alpha value is -1.15. The van der Waals surface area contributed by atoms with Crippen LogP contribution in [0.3, 0.4) is 0 Å². The van der Waals surface area contributed by atoms with Gasteiger partial charge in [0.1, 0.15) is 0 Å². The minimum Gasteiger partial charge on any atom is -0.317 e. The molecule has 17 heavy (non-hydrogen) atoms. The van der Waals surface area contributed by atoms with Crippen molar-refractivity contribution in [3.63, 3.8) is 0 Å². The Morgan fingerprint density at radius 3 is 2.59 bits per heavy atom. The van der Waals surface area contributed by atoms with E-state index < -0.39 is 0 Å². The molecule has 1 aromatic carbocycles. The van der Waals surface area contributed by atoms with Crippen molar-refractivity contribution >= 4 is 5.78 Å². The van der Waals surface area contributed by atoms with Gasteiger partial charge in [-0.25, -0.2) is 0 Å². The summed E-state index contributed by atoms with van der Waals surface area (Å²) in [7, 11) is 0. The average Bonchev–Trinajstić information content (AvgIpc) is 2.39. The van der Waals surface area contributed by atoms with Crippen LogP contribution in [0.25, 0.3) is 0 Å². The second-order valence-electron chi connectivity index (χ2n) is 5.02. The number of ketones is 1. The van der Waals surface area contributed by atoms with Gasteiger partial charge in [0.25, 0.3) is 0 Å². The Morgan fingerprint density at radius 2 is 1.94 bits per heavy atom. The van der Waals surface area contributed by atoms with Crippen molar-refractivity contribution in [2.24, 2.45) is 5.92 Å². The van der Waals surface area contributed by atoms with E-state index in [4.69, 9.17) is 0 Å². The summed E-state index contributed by atoms with van der Waals surface area (Å²) in [4.78, 5) is 11.6. The summed E-state index contributed by atoms with van der Waals surface area (Å²) in [6, 6.07) is 8.06. The number of hydrogen-bond donors (Lipinski definition) is 1. The van der Waals surface area contributed by atoms with E-state index in [1.165, 1.54) is 18.4 Å². The summed E-state index contributed by atoms with van der Waals surface area (Å²) in [5.74, 6) is 1.37. The third-order valence-corrected chi connectivity index (χ3v) is 3.92. The molecular formula is C15H21NO. The molecular weight excluding hydrogens is 210 g/mol. The fourth-order valence-corrected chi connectivity index (χ4v) is 2.81. The minimum absolute atomic E-state index is 0.182. The predicted molar refractivity (Wildman–Crippen MR) is 70.5 cm³/mol. The van der Waals surface area contributed by atoms with Crippen molar-refractivity contribution in [1.82, 2.24) is 5.32 Å². The molecule has 0 saturated carbocycles. The molecule has 0 spiro atoms. The Labute approximate surface area is 103 Å². The topological polar surface area (TPSA) is 29.1 Å². The Bertz CT molecular complexity index is 394. The lowest BCUT2D eigenvalue weighted by Crippen LogP contribution is -2.30. The number of rotatable bonds is 3. The molecule has 1 aliphatic rings. The summed E-state index contributed by atoms with van der Waals surface area (Å²) in [6.07, 6.45) is 2.43. The molecule has 1 saturated heterocycles. The molecule has 0 aliphatic carbocycles. The molecule has 1 aromatic rings. The lowest BCUT2D eigenvalue weighted by Gasteiger charge is -2.29. The highest BCUT2D eigenvalue weighted by molar-refractivity contribution is 5.95. The summed E-state index contributed by atoms with van der Waals surface area (Å²) in [6.45, 7) is 6.14. The number of carbonyl (C=O) groups is 1. The van der Waals surface area contributed by atoms with Crippen molar-refractivity contribution in [1.29, 1.82) is 0 Å². The molecule has 1 heterocycles. The van der Waals surface area contributed by atoms with Crippen molar-refractivity contribution in [3.8, 4) is 0 Å². The van der Waals surface area contributed by atoms with E-state index in [-0.39, 0.29) is 5.78 Å². The van der Waals surface area contributed by atoms with Crippen LogP contribution in [0.4, 0.5) is 0 Å². The zero-order valence-corrected chi connectivity index (χ0v) is 10.7. The van der Waals surface area contributed by atoms with E-state index >= 15 is 0 Å². The second kappa shape index (κ2) is 5.46. The van der Waals surface area contributed by atoms with Gasteiger partial charge in [0.2, 0.25) is 0 Å². The van der Waals surface area contributed by atoms with Crippen LogP contribution in [-0.2, 0) is 0 Å². The molecule has 2 heteroatoms. The van der Waals surface area contributed by atoms with Gasteiger partial charge in [-0.05, 0) is 50.3 Å². The van der Waals surface area contributed by atoms with Crippen LogP contribution in [0.5, 0.6) is 0 Å². The van der Waals surface area contributed by atoms with E-state index in [1.807, 2.05) is 18.2 Å². The van der Waals surface area contributed by atoms with Crippen LogP contribution in [0, 0.1) is 5.92 Å². The smallest absolute Gasteiger partial charge is 0.160 e. The number of benzene rings is 1. The van der Waals surface area contributed by atoms with Gasteiger partial charge in [-0.3, -0.25) is 4.79 Å². The highest BCUT2D eigenvalue weighted by Crippen LogP contribution is 2.32. The monoisotopic (exact) mass is 231 g/mol. The van der Waals surface area contributed by atoms with E-state index in [9.17, 15) is 4.79 Å². The van der Waals surface area contributed by atoms with Crippen molar-refractivity contribution in [3.05, 3.63) is 35.4 Å². The van der Waals surface area contributed by atoms with Crippen LogP contribution in [0.1, 0.15) is 48.5 Å². The third-order valence-electron chi connectivity index (χ3n) is 3.92. The second-order valence-corrected chi connectivity index (χ2v) is 5.02. The molecule has 1 N–H and O–H groups in total. The van der Waals surface area contributed by atoms with Gasteiger partial charge in [0.05, 0.1) is 0 Å². The maximum atomic E-state index is 11.6. The maximum Gasteiger partial charge on any atom is 0.160 e. The molecule has 2 rings (SSSR count). The first-order valence-electron chi connectivity index (χ1n) is 6.50. The fourth-order valence-electron chi connectivity index (χ4n) is 2.81. The van der Waals surface area contributed by atoms with Crippen molar-refractivity contribution in [2.45, 2.75) is 32.6 Å². The molecule has 0 bridgehead atoms. The van der Waals surface area contributed by atoms with Crippen LogP contribution in [0.2, 0.25) is 0 Å². The van der Waals surface area contributed by atoms with Gasteiger partial charge in [-0.2, -0.15) is 0 Å². The van der Waals surface area contributed by atoms with Gasteiger partial charge in [-0.1, -0.05) is 31.2 Å². The molecule has 0 amide bonds. The zero-order valence-electron chi connectivity index (χ0n) is 10.7. The van der Waals surface area contributed by atoms with Crippen LogP contribution in [0.15, 0.2) is 24.3 Å². The largest absolute Gasteiger partial charge is 0.317 e. The first kappa shape index (κ1) is 12.3. The van der Waals surface area contributed by atoms with E-state index in [1.54, 1.807) is 6.92 Å². The van der Waals surface area contributed by atoms with E-state index in [2.05, 4.69) is 18.3 Å². The molecule has 2 nitrogen and oxygen atoms in total. The molecule has 1 unspecified atom stereocenters. The van der Waals surface area contributed by atoms with Gasteiger partial charge < -0.3 is 5.32 Å². The standard InChI is InChI=1S/C15H21NO/c1-11(13-7-9-16-10-8-13)14-5-3-4-6-15(14)12(2)17/h3-6,11,13,16H,7-10H2,1-2H3. The number of carbonyl (C=O) groups excluding carboxylic acids is 1. The number of hydrogen-bond acceptors (Lipinski definition) is 2. The summed E-state index contributed by atoms with van der Waals surface area (Å²) in [5.41, 5.74) is 2.13. The highest BCUT2D eigenvalue weighted by atomic mass is 16.1. The quantitative estimate of drug-likeness (QED) is 0.810. The summed E-state index contributed by atoms with van der Waals surface area (Å²) >= 11 is 0. The van der Waals surface area contributed by atoms with Gasteiger partial charge >= 0.3 is 0 Å². The normalized spacial score (nSPS) is 18.9. The van der Waals surface area contributed by atoms with E-state index in [0.717, 1.165) is 18.7 Å². The Balaban J connectivity index is 2.23. The van der Waals surface area contributed by atoms with Gasteiger partial charge in [0, 0.05) is 5.56 Å². The first-order valence-corrected chi connectivity index (χ1v) is 6.50. The lowest BCUT2D eigenvalue weighted by atomic mass is 9.79. The highest BCUT2D eigenvalue weighted by Gasteiger charge is 2.23. The Morgan fingerprint density at radius 1 is 1.29 bits per heavy atom. The van der Waals surface area contributed by atoms with Gasteiger partial charge in [-0.15, -0.1) is 0 Å². The molecule has 1 fully saturated rings. The minimum atomic E-state index is 0.182. The summed E-state index contributed by atoms with van der Waals surface area (Å²) < 4.78 is 0. The van der Waals surface area contributed by atoms with Crippen LogP contribution in [-0.4, -0.2) is 18.9 Å². The molecule has 0 radical (unpaired) electrons. The lowest BCUT2D eigenvalue weighted by molar-refractivity contribution is 0.101. The predicted octanol–water partition coefficient (Wildman–Crippen LogP) is 2.99. The average molecular weight is 231 g/mol. The first-order chi connectivity index (χ1) is 8.20. The number of nitrogens with one attached hydrogen (secondary N) is 1. The van der Waals surface area contributed by atoms with Gasteiger partial charge in [0.15, 0.2) is 5.78 Å². The van der Waals surface area contributed by atoms with Crippen LogP contribution < -0.4 is 5.32 Å². The zero-order chi connectivity index (χ0) is 12.3. The third kappa shape index (κ3) is 2.75. The van der Waals surface area contributed by atoms with E-state index in [0.29, 0.717) is 11.8 Å². The molecule has 92 valence electrons. The summed E-state index contributed by atoms with van der Waals surface area (Å²) in [5, 5.41) is 3.39. The molecule has 0 aromatic heterocycles. The Kier molecular flexibility index (Phi) is 3.95. The fraction of sp³-hybridized carbons (Fsp3) is 0.533. The van der Waals surface area contributed by atoms with Crippen molar-refractivity contribution < 1.29 is 4.79 Å². The SMILES string of the molecule is CC(=O)c1ccccc1C(C)C1CCNCC1. The van der Waals surface area contributed by atoms with Crippen molar-refractivity contribution in [2.75, 3.05) is 13.1 Å². The van der Waals surface area contributed by atoms with Crippen LogP contribution >= 0.6 is 0 Å². The molecule has 1 aliphatic heterocycles. The maximum absolute atomic E-state index is 11.6. The number of piperidine rings is 1.